The molecule has 0 amide bonds. The fourth-order valence-corrected chi connectivity index (χ4v) is 0.968. The molecule has 0 aromatic carbocycles. The van der Waals surface area contributed by atoms with Crippen LogP contribution in [0.3, 0.4) is 0 Å². The Balaban J connectivity index is 3.33. The van der Waals surface area contributed by atoms with Crippen molar-refractivity contribution >= 4 is 19.0 Å². The lowest BCUT2D eigenvalue weighted by molar-refractivity contribution is 0.222. The molecule has 3 nitrogen and oxygen atoms in total. The van der Waals surface area contributed by atoms with Crippen LogP contribution in [0.25, 0.3) is 0 Å². The predicted molar refractivity (Wildman–Crippen MR) is 60.4 cm³/mol. The first-order valence-corrected chi connectivity index (χ1v) is 5.01. The maximum atomic E-state index is 5.15. The van der Waals surface area contributed by atoms with Crippen molar-refractivity contribution in [2.24, 2.45) is 4.99 Å². The maximum absolute atomic E-state index is 5.15. The van der Waals surface area contributed by atoms with Crippen molar-refractivity contribution in [2.75, 3.05) is 26.2 Å². The van der Waals surface area contributed by atoms with Crippen LogP contribution in [0.4, 0.5) is 0 Å². The van der Waals surface area contributed by atoms with E-state index in [-0.39, 0.29) is 0 Å². The van der Waals surface area contributed by atoms with Gasteiger partial charge in [0.2, 0.25) is 0 Å². The summed E-state index contributed by atoms with van der Waals surface area (Å²) in [5.41, 5.74) is 0. The average Bonchev–Trinajstić information content (AvgIpc) is 2.17. The van der Waals surface area contributed by atoms with Gasteiger partial charge in [0.1, 0.15) is 6.61 Å². The summed E-state index contributed by atoms with van der Waals surface area (Å²) in [6.07, 6.45) is 3.01. The third kappa shape index (κ3) is 7.87. The minimum absolute atomic E-state index is 0.686. The first-order chi connectivity index (χ1) is 6.35. The van der Waals surface area contributed by atoms with Crippen LogP contribution in [0.5, 0.6) is 0 Å². The van der Waals surface area contributed by atoms with Crippen LogP contribution in [-0.2, 0) is 4.74 Å². The zero-order valence-corrected chi connectivity index (χ0v) is 9.20. The van der Waals surface area contributed by atoms with Gasteiger partial charge in [-0.15, -0.1) is 12.6 Å². The molecule has 0 atom stereocenters. The molecule has 13 heavy (non-hydrogen) atoms. The Kier molecular flexibility index (Phi) is 9.25. The second-order valence-electron chi connectivity index (χ2n) is 2.45. The molecule has 0 unspecified atom stereocenters. The van der Waals surface area contributed by atoms with Gasteiger partial charge in [0.05, 0.1) is 0 Å². The van der Waals surface area contributed by atoms with Gasteiger partial charge in [0.25, 0.3) is 0 Å². The molecular weight excluding hydrogens is 184 g/mol. The smallest absolute Gasteiger partial charge is 0.173 e. The van der Waals surface area contributed by atoms with Gasteiger partial charge in [-0.3, -0.25) is 0 Å². The minimum Gasteiger partial charge on any atom is -0.482 e. The van der Waals surface area contributed by atoms with E-state index in [9.17, 15) is 0 Å². The molecule has 76 valence electrons. The first-order valence-electron chi connectivity index (χ1n) is 4.50. The quantitative estimate of drug-likeness (QED) is 0.294. The fourth-order valence-electron chi connectivity index (χ4n) is 0.891. The van der Waals surface area contributed by atoms with Gasteiger partial charge in [0.15, 0.2) is 6.40 Å². The highest BCUT2D eigenvalue weighted by Gasteiger charge is 1.96. The Morgan fingerprint density at radius 2 is 2.08 bits per heavy atom. The standard InChI is InChI=1S/C9H18N2OS/c1-3-11(4-2)6-7-12-9-10-5-8-13/h5,8-9,13H,3-4,6-7H2,1-2H3/b8-5-,10-9?. The molecule has 0 aliphatic heterocycles. The largest absolute Gasteiger partial charge is 0.482 e. The first kappa shape index (κ1) is 12.5. The third-order valence-electron chi connectivity index (χ3n) is 1.71. The summed E-state index contributed by atoms with van der Waals surface area (Å²) in [5.74, 6) is 0. The number of thiol groups is 1. The van der Waals surface area contributed by atoms with Crippen LogP contribution < -0.4 is 0 Å². The molecule has 0 bridgehead atoms. The Hall–Kier alpha value is -0.480. The molecule has 0 aliphatic rings. The van der Waals surface area contributed by atoms with Crippen molar-refractivity contribution in [2.45, 2.75) is 13.8 Å². The van der Waals surface area contributed by atoms with E-state index in [0.717, 1.165) is 19.6 Å². The van der Waals surface area contributed by atoms with Crippen LogP contribution >= 0.6 is 12.6 Å². The van der Waals surface area contributed by atoms with Crippen molar-refractivity contribution < 1.29 is 4.74 Å². The van der Waals surface area contributed by atoms with Gasteiger partial charge in [-0.05, 0) is 18.5 Å². The van der Waals surface area contributed by atoms with Crippen LogP contribution in [0.15, 0.2) is 16.6 Å². The van der Waals surface area contributed by atoms with Crippen molar-refractivity contribution in [1.82, 2.24) is 4.90 Å². The summed E-state index contributed by atoms with van der Waals surface area (Å²) in [6, 6.07) is 0. The Bertz CT molecular complexity index is 156. The number of hydrogen-bond acceptors (Lipinski definition) is 4. The Labute approximate surface area is 85.9 Å². The number of likely N-dealkylation sites (N-methyl/N-ethyl adjacent to an activating group) is 1. The molecular formula is C9H18N2OS. The molecule has 0 saturated carbocycles. The zero-order chi connectivity index (χ0) is 9.94. The highest BCUT2D eigenvalue weighted by Crippen LogP contribution is 1.86. The zero-order valence-electron chi connectivity index (χ0n) is 8.31. The van der Waals surface area contributed by atoms with Crippen LogP contribution in [0.2, 0.25) is 0 Å². The van der Waals surface area contributed by atoms with Crippen molar-refractivity contribution in [3.63, 3.8) is 0 Å². The van der Waals surface area contributed by atoms with Gasteiger partial charge in [-0.1, -0.05) is 13.8 Å². The topological polar surface area (TPSA) is 24.8 Å². The van der Waals surface area contributed by atoms with Crippen LogP contribution in [0, 0.1) is 0 Å². The molecule has 0 aromatic rings. The minimum atomic E-state index is 0.686. The van der Waals surface area contributed by atoms with E-state index in [4.69, 9.17) is 4.74 Å². The molecule has 0 saturated heterocycles. The molecule has 0 aromatic heterocycles. The van der Waals surface area contributed by atoms with Gasteiger partial charge in [-0.25, -0.2) is 4.99 Å². The van der Waals surface area contributed by atoms with E-state index in [1.807, 2.05) is 0 Å². The van der Waals surface area contributed by atoms with Crippen LogP contribution in [-0.4, -0.2) is 37.5 Å². The monoisotopic (exact) mass is 202 g/mol. The maximum Gasteiger partial charge on any atom is 0.173 e. The highest BCUT2D eigenvalue weighted by atomic mass is 32.1. The molecule has 4 heteroatoms. The summed E-state index contributed by atoms with van der Waals surface area (Å²) in [6.45, 7) is 8.04. The van der Waals surface area contributed by atoms with E-state index >= 15 is 0 Å². The summed E-state index contributed by atoms with van der Waals surface area (Å²) in [7, 11) is 0. The Morgan fingerprint density at radius 1 is 1.38 bits per heavy atom. The fraction of sp³-hybridized carbons (Fsp3) is 0.667. The molecule has 0 aliphatic carbocycles. The predicted octanol–water partition coefficient (Wildman–Crippen LogP) is 1.77. The normalized spacial score (nSPS) is 12.0. The lowest BCUT2D eigenvalue weighted by Gasteiger charge is -2.16. The average molecular weight is 202 g/mol. The number of aliphatic imine (C=N–C) groups is 1. The number of ether oxygens (including phenoxy) is 1. The van der Waals surface area contributed by atoms with E-state index in [0.29, 0.717) is 6.61 Å². The van der Waals surface area contributed by atoms with E-state index in [1.54, 1.807) is 11.6 Å². The highest BCUT2D eigenvalue weighted by molar-refractivity contribution is 7.83. The molecule has 0 N–H and O–H groups in total. The molecule has 0 fully saturated rings. The van der Waals surface area contributed by atoms with Gasteiger partial charge in [0, 0.05) is 12.7 Å². The van der Waals surface area contributed by atoms with Crippen molar-refractivity contribution in [1.29, 1.82) is 0 Å². The van der Waals surface area contributed by atoms with Gasteiger partial charge in [-0.2, -0.15) is 0 Å². The molecule has 0 heterocycles. The summed E-state index contributed by atoms with van der Waals surface area (Å²) in [5, 5.41) is 1.56. The summed E-state index contributed by atoms with van der Waals surface area (Å²) in [4.78, 5) is 6.11. The third-order valence-corrected chi connectivity index (χ3v) is 1.84. The van der Waals surface area contributed by atoms with Crippen LogP contribution in [0.1, 0.15) is 13.8 Å². The lowest BCUT2D eigenvalue weighted by atomic mass is 10.5. The van der Waals surface area contributed by atoms with E-state index in [2.05, 4.69) is 36.4 Å². The summed E-state index contributed by atoms with van der Waals surface area (Å²) >= 11 is 3.85. The second kappa shape index (κ2) is 9.61. The van der Waals surface area contributed by atoms with Crippen molar-refractivity contribution in [3.05, 3.63) is 11.6 Å². The molecule has 0 radical (unpaired) electrons. The van der Waals surface area contributed by atoms with E-state index < -0.39 is 0 Å². The second-order valence-corrected chi connectivity index (χ2v) is 2.75. The van der Waals surface area contributed by atoms with Gasteiger partial charge >= 0.3 is 0 Å². The summed E-state index contributed by atoms with van der Waals surface area (Å²) < 4.78 is 5.15. The molecule has 0 rings (SSSR count). The Morgan fingerprint density at radius 3 is 2.62 bits per heavy atom. The lowest BCUT2D eigenvalue weighted by Crippen LogP contribution is -2.26. The number of hydrogen-bond donors (Lipinski definition) is 1. The number of nitrogens with zero attached hydrogens (tertiary/aromatic N) is 2. The molecule has 0 spiro atoms. The van der Waals surface area contributed by atoms with E-state index in [1.165, 1.54) is 6.40 Å². The van der Waals surface area contributed by atoms with Crippen molar-refractivity contribution in [3.8, 4) is 0 Å². The van der Waals surface area contributed by atoms with Gasteiger partial charge < -0.3 is 9.64 Å². The SMILES string of the molecule is CCN(CC)CCOC=N/C=C\S. The number of rotatable bonds is 7.